The van der Waals surface area contributed by atoms with Gasteiger partial charge in [0.2, 0.25) is 0 Å². The van der Waals surface area contributed by atoms with Crippen LogP contribution in [0, 0.1) is 5.92 Å². The van der Waals surface area contributed by atoms with E-state index in [1.807, 2.05) is 30.3 Å². The summed E-state index contributed by atoms with van der Waals surface area (Å²) in [5.41, 5.74) is 1.41. The summed E-state index contributed by atoms with van der Waals surface area (Å²) in [7, 11) is 1.32. The van der Waals surface area contributed by atoms with E-state index in [9.17, 15) is 9.59 Å². The van der Waals surface area contributed by atoms with Crippen LogP contribution in [-0.2, 0) is 16.0 Å². The van der Waals surface area contributed by atoms with Gasteiger partial charge in [-0.1, -0.05) is 44.2 Å². The van der Waals surface area contributed by atoms with Gasteiger partial charge in [-0.15, -0.1) is 0 Å². The number of rotatable bonds is 9. The number of amides is 1. The first-order chi connectivity index (χ1) is 13.0. The maximum absolute atomic E-state index is 12.5. The number of esters is 1. The number of nitrogens with one attached hydrogen (secondary N) is 1. The van der Waals surface area contributed by atoms with Crippen LogP contribution in [0.4, 0.5) is 0 Å². The zero-order valence-corrected chi connectivity index (χ0v) is 16.1. The SMILES string of the molecule is COC(=O)C(Cc1ccccc1)NC(=O)c1ccc(OCCC(C)C)cc1. The van der Waals surface area contributed by atoms with Crippen LogP contribution in [0.15, 0.2) is 54.6 Å². The van der Waals surface area contributed by atoms with Gasteiger partial charge < -0.3 is 14.8 Å². The number of carbonyl (C=O) groups excluding carboxylic acids is 2. The third-order valence-corrected chi connectivity index (χ3v) is 4.15. The Kier molecular flexibility index (Phi) is 7.86. The first-order valence-corrected chi connectivity index (χ1v) is 9.15. The van der Waals surface area contributed by atoms with Crippen molar-refractivity contribution < 1.29 is 19.1 Å². The summed E-state index contributed by atoms with van der Waals surface area (Å²) in [4.78, 5) is 24.6. The highest BCUT2D eigenvalue weighted by Gasteiger charge is 2.22. The van der Waals surface area contributed by atoms with Gasteiger partial charge in [0.15, 0.2) is 0 Å². The Hall–Kier alpha value is -2.82. The number of benzene rings is 2. The summed E-state index contributed by atoms with van der Waals surface area (Å²) in [5.74, 6) is 0.506. The summed E-state index contributed by atoms with van der Waals surface area (Å²) >= 11 is 0. The molecule has 0 aromatic heterocycles. The molecular weight excluding hydrogens is 342 g/mol. The molecule has 2 aromatic rings. The number of hydrogen-bond acceptors (Lipinski definition) is 4. The van der Waals surface area contributed by atoms with Crippen LogP contribution < -0.4 is 10.1 Å². The minimum atomic E-state index is -0.744. The van der Waals surface area contributed by atoms with Crippen LogP contribution in [-0.4, -0.2) is 31.6 Å². The molecule has 0 bridgehead atoms. The van der Waals surface area contributed by atoms with Crippen molar-refractivity contribution in [2.45, 2.75) is 32.7 Å². The lowest BCUT2D eigenvalue weighted by atomic mass is 10.1. The van der Waals surface area contributed by atoms with E-state index in [-0.39, 0.29) is 5.91 Å². The van der Waals surface area contributed by atoms with Gasteiger partial charge in [-0.25, -0.2) is 4.79 Å². The Labute approximate surface area is 160 Å². The molecule has 2 aromatic carbocycles. The fourth-order valence-corrected chi connectivity index (χ4v) is 2.54. The average Bonchev–Trinajstić information content (AvgIpc) is 2.68. The minimum Gasteiger partial charge on any atom is -0.494 e. The van der Waals surface area contributed by atoms with E-state index in [2.05, 4.69) is 19.2 Å². The van der Waals surface area contributed by atoms with E-state index < -0.39 is 12.0 Å². The molecule has 144 valence electrons. The molecule has 1 atom stereocenters. The van der Waals surface area contributed by atoms with E-state index in [4.69, 9.17) is 9.47 Å². The zero-order chi connectivity index (χ0) is 19.6. The van der Waals surface area contributed by atoms with Crippen LogP contribution in [0.5, 0.6) is 5.75 Å². The van der Waals surface area contributed by atoms with Crippen LogP contribution in [0.2, 0.25) is 0 Å². The third kappa shape index (κ3) is 6.77. The summed E-state index contributed by atoms with van der Waals surface area (Å²) in [6, 6.07) is 15.7. The molecule has 5 heteroatoms. The molecule has 27 heavy (non-hydrogen) atoms. The zero-order valence-electron chi connectivity index (χ0n) is 16.1. The minimum absolute atomic E-state index is 0.324. The van der Waals surface area contributed by atoms with Crippen LogP contribution >= 0.6 is 0 Å². The van der Waals surface area contributed by atoms with Crippen molar-refractivity contribution in [1.29, 1.82) is 0 Å². The fraction of sp³-hybridized carbons (Fsp3) is 0.364. The second-order valence-electron chi connectivity index (χ2n) is 6.79. The standard InChI is InChI=1S/C22H27NO4/c1-16(2)13-14-27-19-11-9-18(10-12-19)21(24)23-20(22(25)26-3)15-17-7-5-4-6-8-17/h4-12,16,20H,13-15H2,1-3H3,(H,23,24). The van der Waals surface area contributed by atoms with Gasteiger partial charge in [-0.2, -0.15) is 0 Å². The van der Waals surface area contributed by atoms with E-state index in [1.54, 1.807) is 24.3 Å². The smallest absolute Gasteiger partial charge is 0.328 e. The summed E-state index contributed by atoms with van der Waals surface area (Å²) in [6.07, 6.45) is 1.35. The lowest BCUT2D eigenvalue weighted by molar-refractivity contribution is -0.142. The number of ether oxygens (including phenoxy) is 2. The quantitative estimate of drug-likeness (QED) is 0.686. The number of methoxy groups -OCH3 is 1. The van der Waals surface area contributed by atoms with E-state index in [1.165, 1.54) is 7.11 Å². The van der Waals surface area contributed by atoms with Crippen LogP contribution in [0.3, 0.4) is 0 Å². The van der Waals surface area contributed by atoms with Gasteiger partial charge >= 0.3 is 5.97 Å². The third-order valence-electron chi connectivity index (χ3n) is 4.15. The molecule has 1 unspecified atom stereocenters. The summed E-state index contributed by atoms with van der Waals surface area (Å²) < 4.78 is 10.5. The topological polar surface area (TPSA) is 64.6 Å². The van der Waals surface area contributed by atoms with Crippen LogP contribution in [0.25, 0.3) is 0 Å². The highest BCUT2D eigenvalue weighted by atomic mass is 16.5. The number of carbonyl (C=O) groups is 2. The fourth-order valence-electron chi connectivity index (χ4n) is 2.54. The maximum Gasteiger partial charge on any atom is 0.328 e. The van der Waals surface area contributed by atoms with Gasteiger partial charge in [0.05, 0.1) is 13.7 Å². The number of hydrogen-bond donors (Lipinski definition) is 1. The molecule has 0 heterocycles. The van der Waals surface area contributed by atoms with Crippen molar-refractivity contribution in [1.82, 2.24) is 5.32 Å². The molecule has 0 aliphatic rings. The van der Waals surface area contributed by atoms with Crippen molar-refractivity contribution in [3.63, 3.8) is 0 Å². The molecule has 0 radical (unpaired) electrons. The van der Waals surface area contributed by atoms with E-state index in [0.29, 0.717) is 24.5 Å². The Morgan fingerprint density at radius 2 is 1.67 bits per heavy atom. The summed E-state index contributed by atoms with van der Waals surface area (Å²) in [6.45, 7) is 4.93. The largest absolute Gasteiger partial charge is 0.494 e. The Balaban J connectivity index is 1.98. The molecule has 0 aliphatic heterocycles. The Bertz CT molecular complexity index is 726. The predicted molar refractivity (Wildman–Crippen MR) is 105 cm³/mol. The average molecular weight is 369 g/mol. The van der Waals surface area contributed by atoms with Gasteiger partial charge in [-0.3, -0.25) is 4.79 Å². The summed E-state index contributed by atoms with van der Waals surface area (Å²) in [5, 5.41) is 2.76. The maximum atomic E-state index is 12.5. The lowest BCUT2D eigenvalue weighted by Crippen LogP contribution is -2.43. The van der Waals surface area contributed by atoms with Crippen molar-refractivity contribution >= 4 is 11.9 Å². The van der Waals surface area contributed by atoms with Gasteiger partial charge in [0.25, 0.3) is 5.91 Å². The van der Waals surface area contributed by atoms with Gasteiger partial charge in [0.1, 0.15) is 11.8 Å². The van der Waals surface area contributed by atoms with Gasteiger partial charge in [0, 0.05) is 12.0 Å². The first-order valence-electron chi connectivity index (χ1n) is 9.15. The highest BCUT2D eigenvalue weighted by Crippen LogP contribution is 2.14. The van der Waals surface area contributed by atoms with Crippen molar-refractivity contribution in [3.8, 4) is 5.75 Å². The van der Waals surface area contributed by atoms with E-state index in [0.717, 1.165) is 17.7 Å². The molecular formula is C22H27NO4. The lowest BCUT2D eigenvalue weighted by Gasteiger charge is -2.17. The van der Waals surface area contributed by atoms with Crippen molar-refractivity contribution in [2.75, 3.05) is 13.7 Å². The second kappa shape index (κ2) is 10.4. The molecule has 2 rings (SSSR count). The molecule has 0 saturated heterocycles. The predicted octanol–water partition coefficient (Wildman–Crippen LogP) is 3.63. The Morgan fingerprint density at radius 1 is 1.00 bits per heavy atom. The molecule has 0 saturated carbocycles. The molecule has 1 amide bonds. The van der Waals surface area contributed by atoms with E-state index >= 15 is 0 Å². The van der Waals surface area contributed by atoms with Crippen LogP contribution in [0.1, 0.15) is 36.2 Å². The highest BCUT2D eigenvalue weighted by molar-refractivity contribution is 5.96. The molecule has 5 nitrogen and oxygen atoms in total. The van der Waals surface area contributed by atoms with Crippen molar-refractivity contribution in [2.24, 2.45) is 5.92 Å². The molecule has 0 fully saturated rings. The Morgan fingerprint density at radius 3 is 2.26 bits per heavy atom. The monoisotopic (exact) mass is 369 g/mol. The first kappa shape index (κ1) is 20.5. The normalized spacial score (nSPS) is 11.7. The molecule has 1 N–H and O–H groups in total. The second-order valence-corrected chi connectivity index (χ2v) is 6.79. The van der Waals surface area contributed by atoms with Crippen molar-refractivity contribution in [3.05, 3.63) is 65.7 Å². The van der Waals surface area contributed by atoms with Gasteiger partial charge in [-0.05, 0) is 42.2 Å². The molecule has 0 spiro atoms. The molecule has 0 aliphatic carbocycles.